The van der Waals surface area contributed by atoms with E-state index < -0.39 is 0 Å². The number of rotatable bonds is 6. The lowest BCUT2D eigenvalue weighted by atomic mass is 9.88. The quantitative estimate of drug-likeness (QED) is 0.662. The molecule has 2 aliphatic rings. The van der Waals surface area contributed by atoms with Crippen molar-refractivity contribution in [2.75, 3.05) is 23.3 Å². The number of hydrogen-bond donors (Lipinski definition) is 2. The van der Waals surface area contributed by atoms with E-state index in [0.717, 1.165) is 50.9 Å². The predicted molar refractivity (Wildman–Crippen MR) is 130 cm³/mol. The highest BCUT2D eigenvalue weighted by atomic mass is 16.2. The summed E-state index contributed by atoms with van der Waals surface area (Å²) in [6.45, 7) is 6.45. The van der Waals surface area contributed by atoms with E-state index in [2.05, 4.69) is 53.6 Å². The molecule has 5 heteroatoms. The van der Waals surface area contributed by atoms with E-state index in [4.69, 9.17) is 0 Å². The maximum Gasteiger partial charge on any atom is 0.253 e. The molecule has 0 spiro atoms. The van der Waals surface area contributed by atoms with Crippen molar-refractivity contribution in [1.29, 1.82) is 0 Å². The summed E-state index contributed by atoms with van der Waals surface area (Å²) in [5.41, 5.74) is 4.95. The van der Waals surface area contributed by atoms with E-state index in [1.54, 1.807) is 0 Å². The lowest BCUT2D eigenvalue weighted by Crippen LogP contribution is -2.34. The van der Waals surface area contributed by atoms with Gasteiger partial charge in [-0.25, -0.2) is 0 Å². The Morgan fingerprint density at radius 1 is 1.03 bits per heavy atom. The number of amides is 2. The van der Waals surface area contributed by atoms with Gasteiger partial charge in [-0.05, 0) is 54.5 Å². The van der Waals surface area contributed by atoms with Crippen molar-refractivity contribution in [2.45, 2.75) is 58.9 Å². The second-order valence-corrected chi connectivity index (χ2v) is 9.60. The van der Waals surface area contributed by atoms with E-state index in [-0.39, 0.29) is 17.7 Å². The molecular formula is C27H35N3O2. The minimum Gasteiger partial charge on any atom is -0.366 e. The highest BCUT2D eigenvalue weighted by Crippen LogP contribution is 2.31. The zero-order chi connectivity index (χ0) is 22.5. The van der Waals surface area contributed by atoms with Gasteiger partial charge in [0.05, 0.1) is 5.56 Å². The van der Waals surface area contributed by atoms with E-state index in [1.807, 2.05) is 18.2 Å². The van der Waals surface area contributed by atoms with Crippen LogP contribution in [-0.4, -0.2) is 24.9 Å². The Morgan fingerprint density at radius 2 is 1.78 bits per heavy atom. The molecule has 0 unspecified atom stereocenters. The molecule has 2 N–H and O–H groups in total. The number of hydrogen-bond acceptors (Lipinski definition) is 3. The van der Waals surface area contributed by atoms with Crippen LogP contribution in [0.4, 0.5) is 11.4 Å². The van der Waals surface area contributed by atoms with Gasteiger partial charge in [-0.15, -0.1) is 0 Å². The maximum absolute atomic E-state index is 13.1. The van der Waals surface area contributed by atoms with Crippen LogP contribution in [0.2, 0.25) is 0 Å². The SMILES string of the molecule is CC(C)CNC(=O)c1cc(NC(=O)C2CCCCC2)ccc1N1CCc2ccccc2C1. The fourth-order valence-electron chi connectivity index (χ4n) is 4.77. The van der Waals surface area contributed by atoms with Crippen LogP contribution in [0, 0.1) is 11.8 Å². The first-order chi connectivity index (χ1) is 15.5. The first-order valence-electron chi connectivity index (χ1n) is 12.1. The van der Waals surface area contributed by atoms with Gasteiger partial charge in [-0.1, -0.05) is 57.4 Å². The second kappa shape index (κ2) is 10.2. The van der Waals surface area contributed by atoms with Crippen LogP contribution >= 0.6 is 0 Å². The van der Waals surface area contributed by atoms with Gasteiger partial charge < -0.3 is 15.5 Å². The molecule has 5 nitrogen and oxygen atoms in total. The number of nitrogens with zero attached hydrogens (tertiary/aromatic N) is 1. The minimum absolute atomic E-state index is 0.0814. The van der Waals surface area contributed by atoms with Crippen LogP contribution in [-0.2, 0) is 17.8 Å². The smallest absolute Gasteiger partial charge is 0.253 e. The third-order valence-electron chi connectivity index (χ3n) is 6.63. The number of carbonyl (C=O) groups excluding carboxylic acids is 2. The van der Waals surface area contributed by atoms with Crippen molar-refractivity contribution in [1.82, 2.24) is 5.32 Å². The highest BCUT2D eigenvalue weighted by molar-refractivity contribution is 6.02. The molecule has 2 aromatic carbocycles. The highest BCUT2D eigenvalue weighted by Gasteiger charge is 2.24. The van der Waals surface area contributed by atoms with Crippen molar-refractivity contribution < 1.29 is 9.59 Å². The Morgan fingerprint density at radius 3 is 2.53 bits per heavy atom. The Labute approximate surface area is 191 Å². The summed E-state index contributed by atoms with van der Waals surface area (Å²) in [5, 5.41) is 6.14. The molecule has 32 heavy (non-hydrogen) atoms. The fraction of sp³-hybridized carbons (Fsp3) is 0.481. The van der Waals surface area contributed by atoms with Crippen molar-refractivity contribution in [2.24, 2.45) is 11.8 Å². The normalized spacial score (nSPS) is 16.5. The van der Waals surface area contributed by atoms with Crippen LogP contribution in [0.1, 0.15) is 67.4 Å². The zero-order valence-corrected chi connectivity index (χ0v) is 19.3. The van der Waals surface area contributed by atoms with Gasteiger partial charge in [-0.2, -0.15) is 0 Å². The summed E-state index contributed by atoms with van der Waals surface area (Å²) in [6, 6.07) is 14.3. The summed E-state index contributed by atoms with van der Waals surface area (Å²) in [4.78, 5) is 28.2. The number of carbonyl (C=O) groups is 2. The van der Waals surface area contributed by atoms with Crippen LogP contribution in [0.5, 0.6) is 0 Å². The molecule has 2 aromatic rings. The third kappa shape index (κ3) is 5.32. The molecule has 4 rings (SSSR count). The van der Waals surface area contributed by atoms with Gasteiger partial charge in [0.25, 0.3) is 5.91 Å². The second-order valence-electron chi connectivity index (χ2n) is 9.60. The Kier molecular flexibility index (Phi) is 7.13. The minimum atomic E-state index is -0.0821. The monoisotopic (exact) mass is 433 g/mol. The van der Waals surface area contributed by atoms with Gasteiger partial charge in [-0.3, -0.25) is 9.59 Å². The number of fused-ring (bicyclic) bond motifs is 1. The zero-order valence-electron chi connectivity index (χ0n) is 19.3. The summed E-state index contributed by atoms with van der Waals surface area (Å²) in [6.07, 6.45) is 6.34. The molecule has 2 amide bonds. The van der Waals surface area contributed by atoms with Gasteiger partial charge in [0, 0.05) is 36.9 Å². The Hall–Kier alpha value is -2.82. The average Bonchev–Trinajstić information content (AvgIpc) is 2.82. The molecular weight excluding hydrogens is 398 g/mol. The van der Waals surface area contributed by atoms with E-state index in [0.29, 0.717) is 23.7 Å². The van der Waals surface area contributed by atoms with Crippen molar-refractivity contribution >= 4 is 23.2 Å². The number of anilines is 2. The molecule has 1 fully saturated rings. The summed E-state index contributed by atoms with van der Waals surface area (Å²) >= 11 is 0. The maximum atomic E-state index is 13.1. The van der Waals surface area contributed by atoms with Gasteiger partial charge in [0.2, 0.25) is 5.91 Å². The predicted octanol–water partition coefficient (Wildman–Crippen LogP) is 5.15. The van der Waals surface area contributed by atoms with Crippen LogP contribution in [0.15, 0.2) is 42.5 Å². The molecule has 1 heterocycles. The van der Waals surface area contributed by atoms with E-state index in [1.165, 1.54) is 17.5 Å². The first kappa shape index (κ1) is 22.4. The number of benzene rings is 2. The summed E-state index contributed by atoms with van der Waals surface area (Å²) in [7, 11) is 0. The van der Waals surface area contributed by atoms with Crippen molar-refractivity contribution in [3.8, 4) is 0 Å². The third-order valence-corrected chi connectivity index (χ3v) is 6.63. The van der Waals surface area contributed by atoms with Gasteiger partial charge in [0.15, 0.2) is 0 Å². The number of nitrogens with one attached hydrogen (secondary N) is 2. The Bertz CT molecular complexity index is 963. The first-order valence-corrected chi connectivity index (χ1v) is 12.1. The molecule has 1 aliphatic carbocycles. The standard InChI is InChI=1S/C27H35N3O2/c1-19(2)17-28-27(32)24-16-23(29-26(31)21-9-4-3-5-10-21)12-13-25(24)30-15-14-20-8-6-7-11-22(20)18-30/h6-8,11-13,16,19,21H,3-5,9-10,14-15,17-18H2,1-2H3,(H,28,32)(H,29,31). The Balaban J connectivity index is 1.57. The van der Waals surface area contributed by atoms with Gasteiger partial charge in [0.1, 0.15) is 0 Å². The lowest BCUT2D eigenvalue weighted by molar-refractivity contribution is -0.120. The molecule has 0 saturated heterocycles. The van der Waals surface area contributed by atoms with Crippen LogP contribution in [0.3, 0.4) is 0 Å². The average molecular weight is 434 g/mol. The van der Waals surface area contributed by atoms with Crippen LogP contribution < -0.4 is 15.5 Å². The molecule has 170 valence electrons. The van der Waals surface area contributed by atoms with E-state index >= 15 is 0 Å². The van der Waals surface area contributed by atoms with E-state index in [9.17, 15) is 9.59 Å². The molecule has 0 bridgehead atoms. The van der Waals surface area contributed by atoms with Crippen molar-refractivity contribution in [3.63, 3.8) is 0 Å². The fourth-order valence-corrected chi connectivity index (χ4v) is 4.77. The summed E-state index contributed by atoms with van der Waals surface area (Å²) < 4.78 is 0. The van der Waals surface area contributed by atoms with Gasteiger partial charge >= 0.3 is 0 Å². The molecule has 0 radical (unpaired) electrons. The molecule has 1 aliphatic heterocycles. The molecule has 1 saturated carbocycles. The van der Waals surface area contributed by atoms with Crippen LogP contribution in [0.25, 0.3) is 0 Å². The summed E-state index contributed by atoms with van der Waals surface area (Å²) in [5.74, 6) is 0.456. The molecule has 0 aromatic heterocycles. The van der Waals surface area contributed by atoms with Crippen molar-refractivity contribution in [3.05, 3.63) is 59.2 Å². The largest absolute Gasteiger partial charge is 0.366 e. The lowest BCUT2D eigenvalue weighted by Gasteiger charge is -2.32. The topological polar surface area (TPSA) is 61.4 Å². The molecule has 0 atom stereocenters.